The molecule has 2 aliphatic carbocycles. The highest BCUT2D eigenvalue weighted by atomic mass is 32.2. The van der Waals surface area contributed by atoms with Gasteiger partial charge in [-0.2, -0.15) is 0 Å². The van der Waals surface area contributed by atoms with Crippen molar-refractivity contribution in [3.05, 3.63) is 23.8 Å². The van der Waals surface area contributed by atoms with E-state index in [0.717, 1.165) is 34.9 Å². The number of fused-ring (bicyclic) bond motifs is 2. The molecular weight excluding hydrogens is 340 g/mol. The van der Waals surface area contributed by atoms with Crippen molar-refractivity contribution < 1.29 is 17.9 Å². The van der Waals surface area contributed by atoms with Crippen LogP contribution >= 0.6 is 0 Å². The summed E-state index contributed by atoms with van der Waals surface area (Å²) in [7, 11) is -2.12. The Kier molecular flexibility index (Phi) is 4.95. The third-order valence-corrected chi connectivity index (χ3v) is 6.50. The predicted octanol–water partition coefficient (Wildman–Crippen LogP) is 2.07. The molecule has 7 heteroatoms. The minimum Gasteiger partial charge on any atom is -0.495 e. The molecule has 0 aromatic heterocycles. The van der Waals surface area contributed by atoms with Crippen molar-refractivity contribution in [2.24, 2.45) is 11.8 Å². The van der Waals surface area contributed by atoms with Gasteiger partial charge in [0.1, 0.15) is 12.3 Å². The molecule has 2 bridgehead atoms. The lowest BCUT2D eigenvalue weighted by Gasteiger charge is -2.27. The van der Waals surface area contributed by atoms with E-state index in [2.05, 4.69) is 5.32 Å². The number of hydrogen-bond donors (Lipinski definition) is 1. The van der Waals surface area contributed by atoms with Crippen LogP contribution in [0, 0.1) is 18.8 Å². The Hall–Kier alpha value is -1.76. The zero-order valence-electron chi connectivity index (χ0n) is 15.0. The number of benzene rings is 1. The van der Waals surface area contributed by atoms with Crippen LogP contribution in [-0.2, 0) is 14.8 Å². The second-order valence-corrected chi connectivity index (χ2v) is 9.20. The van der Waals surface area contributed by atoms with Gasteiger partial charge in [-0.15, -0.1) is 0 Å². The van der Waals surface area contributed by atoms with Gasteiger partial charge < -0.3 is 10.1 Å². The average Bonchev–Trinajstić information content (AvgIpc) is 3.14. The van der Waals surface area contributed by atoms with Crippen LogP contribution in [0.3, 0.4) is 0 Å². The number of nitrogens with one attached hydrogen (secondary N) is 1. The first-order valence-corrected chi connectivity index (χ1v) is 10.5. The van der Waals surface area contributed by atoms with E-state index >= 15 is 0 Å². The number of hydrogen-bond acceptors (Lipinski definition) is 4. The van der Waals surface area contributed by atoms with Crippen molar-refractivity contribution in [2.45, 2.75) is 38.6 Å². The number of ether oxygens (including phenoxy) is 1. The molecule has 2 aliphatic rings. The largest absolute Gasteiger partial charge is 0.495 e. The number of amides is 1. The van der Waals surface area contributed by atoms with Gasteiger partial charge in [-0.25, -0.2) is 8.42 Å². The molecule has 25 heavy (non-hydrogen) atoms. The summed E-state index contributed by atoms with van der Waals surface area (Å²) in [4.78, 5) is 12.5. The molecule has 0 radical (unpaired) electrons. The standard InChI is InChI=1S/C18H26N2O4S/c1-12-4-7-17(24-2)16(8-12)20(25(3,22)23)11-18(21)19-15-10-13-5-6-14(15)9-13/h4,7-8,13-15H,5-6,9-11H2,1-3H3,(H,19,21)/t13-,14-,15-/m1/s1. The van der Waals surface area contributed by atoms with Gasteiger partial charge in [0.15, 0.2) is 0 Å². The molecule has 0 spiro atoms. The van der Waals surface area contributed by atoms with Crippen LogP contribution in [0.5, 0.6) is 5.75 Å². The fraction of sp³-hybridized carbons (Fsp3) is 0.611. The van der Waals surface area contributed by atoms with E-state index < -0.39 is 10.0 Å². The number of methoxy groups -OCH3 is 1. The highest BCUT2D eigenvalue weighted by Crippen LogP contribution is 2.44. The Morgan fingerprint density at radius 2 is 2.08 bits per heavy atom. The molecular formula is C18H26N2O4S. The first-order valence-electron chi connectivity index (χ1n) is 8.69. The molecule has 0 saturated heterocycles. The topological polar surface area (TPSA) is 75.7 Å². The van der Waals surface area contributed by atoms with Crippen LogP contribution < -0.4 is 14.4 Å². The molecule has 1 aromatic rings. The van der Waals surface area contributed by atoms with Crippen LogP contribution in [0.15, 0.2) is 18.2 Å². The normalized spacial score (nSPS) is 25.0. The SMILES string of the molecule is COc1ccc(C)cc1N(CC(=O)N[C@@H]1C[C@@H]2CC[C@@H]1C2)S(C)(=O)=O. The number of anilines is 1. The van der Waals surface area contributed by atoms with Crippen molar-refractivity contribution in [1.82, 2.24) is 5.32 Å². The molecule has 138 valence electrons. The number of rotatable bonds is 6. The van der Waals surface area contributed by atoms with Gasteiger partial charge in [-0.3, -0.25) is 9.10 Å². The maximum atomic E-state index is 12.5. The van der Waals surface area contributed by atoms with Crippen molar-refractivity contribution in [3.63, 3.8) is 0 Å². The number of sulfonamides is 1. The summed E-state index contributed by atoms with van der Waals surface area (Å²) >= 11 is 0. The second kappa shape index (κ2) is 6.86. The molecule has 0 unspecified atom stereocenters. The Morgan fingerprint density at radius 3 is 2.64 bits per heavy atom. The van der Waals surface area contributed by atoms with Gasteiger partial charge in [0.25, 0.3) is 0 Å². The molecule has 2 saturated carbocycles. The molecule has 1 amide bonds. The molecule has 6 nitrogen and oxygen atoms in total. The van der Waals surface area contributed by atoms with Crippen LogP contribution in [-0.4, -0.2) is 40.3 Å². The van der Waals surface area contributed by atoms with Gasteiger partial charge in [0, 0.05) is 6.04 Å². The molecule has 3 atom stereocenters. The maximum Gasteiger partial charge on any atom is 0.241 e. The van der Waals surface area contributed by atoms with Gasteiger partial charge in [0.2, 0.25) is 15.9 Å². The van der Waals surface area contributed by atoms with E-state index in [1.54, 1.807) is 12.1 Å². The predicted molar refractivity (Wildman–Crippen MR) is 97.3 cm³/mol. The number of nitrogens with zero attached hydrogens (tertiary/aromatic N) is 1. The maximum absolute atomic E-state index is 12.5. The van der Waals surface area contributed by atoms with E-state index in [4.69, 9.17) is 4.74 Å². The summed E-state index contributed by atoms with van der Waals surface area (Å²) in [5.41, 5.74) is 1.30. The van der Waals surface area contributed by atoms with Crippen molar-refractivity contribution in [3.8, 4) is 5.75 Å². The number of carbonyl (C=O) groups is 1. The quantitative estimate of drug-likeness (QED) is 0.836. The Morgan fingerprint density at radius 1 is 1.32 bits per heavy atom. The highest BCUT2D eigenvalue weighted by Gasteiger charge is 2.40. The fourth-order valence-electron chi connectivity index (χ4n) is 4.18. The summed E-state index contributed by atoms with van der Waals surface area (Å²) < 4.78 is 31.0. The summed E-state index contributed by atoms with van der Waals surface area (Å²) in [6.07, 6.45) is 5.74. The van der Waals surface area contributed by atoms with E-state index in [9.17, 15) is 13.2 Å². The lowest BCUT2D eigenvalue weighted by atomic mass is 9.95. The summed E-state index contributed by atoms with van der Waals surface area (Å²) in [6, 6.07) is 5.48. The molecule has 0 aliphatic heterocycles. The van der Waals surface area contributed by atoms with Gasteiger partial charge in [-0.1, -0.05) is 12.5 Å². The fourth-order valence-corrected chi connectivity index (χ4v) is 5.03. The molecule has 0 heterocycles. The average molecular weight is 366 g/mol. The molecule has 2 fully saturated rings. The van der Waals surface area contributed by atoms with Crippen molar-refractivity contribution >= 4 is 21.6 Å². The Bertz CT molecular complexity index is 762. The number of carbonyl (C=O) groups excluding carboxylic acids is 1. The lowest BCUT2D eigenvalue weighted by molar-refractivity contribution is -0.120. The zero-order chi connectivity index (χ0) is 18.2. The van der Waals surface area contributed by atoms with Gasteiger partial charge >= 0.3 is 0 Å². The van der Waals surface area contributed by atoms with E-state index in [1.807, 2.05) is 13.0 Å². The minimum atomic E-state index is -3.61. The van der Waals surface area contributed by atoms with Gasteiger partial charge in [-0.05, 0) is 55.7 Å². The highest BCUT2D eigenvalue weighted by molar-refractivity contribution is 7.92. The first kappa shape index (κ1) is 18.0. The summed E-state index contributed by atoms with van der Waals surface area (Å²) in [5, 5.41) is 3.05. The smallest absolute Gasteiger partial charge is 0.241 e. The zero-order valence-corrected chi connectivity index (χ0v) is 15.8. The monoisotopic (exact) mass is 366 g/mol. The van der Waals surface area contributed by atoms with E-state index in [1.165, 1.54) is 20.0 Å². The lowest BCUT2D eigenvalue weighted by Crippen LogP contribution is -2.45. The number of aryl methyl sites for hydroxylation is 1. The van der Waals surface area contributed by atoms with Gasteiger partial charge in [0.05, 0.1) is 19.1 Å². The third-order valence-electron chi connectivity index (χ3n) is 5.38. The van der Waals surface area contributed by atoms with Crippen LogP contribution in [0.25, 0.3) is 0 Å². The Balaban J connectivity index is 1.78. The Labute approximate surface area is 149 Å². The summed E-state index contributed by atoms with van der Waals surface area (Å²) in [6.45, 7) is 1.64. The molecule has 1 N–H and O–H groups in total. The first-order chi connectivity index (χ1) is 11.8. The second-order valence-electron chi connectivity index (χ2n) is 7.29. The van der Waals surface area contributed by atoms with Crippen LogP contribution in [0.2, 0.25) is 0 Å². The van der Waals surface area contributed by atoms with E-state index in [0.29, 0.717) is 17.4 Å². The third kappa shape index (κ3) is 3.92. The van der Waals surface area contributed by atoms with Crippen LogP contribution in [0.1, 0.15) is 31.2 Å². The van der Waals surface area contributed by atoms with Crippen molar-refractivity contribution in [1.29, 1.82) is 0 Å². The van der Waals surface area contributed by atoms with Crippen molar-refractivity contribution in [2.75, 3.05) is 24.2 Å². The summed E-state index contributed by atoms with van der Waals surface area (Å²) in [5.74, 6) is 1.45. The van der Waals surface area contributed by atoms with E-state index in [-0.39, 0.29) is 18.5 Å². The minimum absolute atomic E-state index is 0.187. The molecule has 3 rings (SSSR count). The van der Waals surface area contributed by atoms with Crippen LogP contribution in [0.4, 0.5) is 5.69 Å². The molecule has 1 aromatic carbocycles.